The molecule has 0 aliphatic carbocycles. The molecular formula is C50H61N5O9. The van der Waals surface area contributed by atoms with Crippen LogP contribution in [0.4, 0.5) is 4.79 Å². The van der Waals surface area contributed by atoms with Crippen molar-refractivity contribution in [2.24, 2.45) is 11.3 Å². The summed E-state index contributed by atoms with van der Waals surface area (Å²) < 4.78 is 16.1. The zero-order valence-electron chi connectivity index (χ0n) is 37.5. The fourth-order valence-corrected chi connectivity index (χ4v) is 7.25. The number of benzene rings is 5. The molecule has 0 bridgehead atoms. The summed E-state index contributed by atoms with van der Waals surface area (Å²) in [5.41, 5.74) is 1.95. The van der Waals surface area contributed by atoms with Crippen molar-refractivity contribution in [2.75, 3.05) is 14.2 Å². The molecule has 0 saturated carbocycles. The molecule has 0 fully saturated rings. The van der Waals surface area contributed by atoms with Gasteiger partial charge < -0.3 is 45.7 Å². The lowest BCUT2D eigenvalue weighted by Crippen LogP contribution is -2.63. The Bertz CT molecular complexity index is 2330. The van der Waals surface area contributed by atoms with Gasteiger partial charge in [-0.15, -0.1) is 0 Å². The molecule has 340 valence electrons. The van der Waals surface area contributed by atoms with Gasteiger partial charge in [-0.05, 0) is 69.5 Å². The van der Waals surface area contributed by atoms with Crippen LogP contribution in [0.1, 0.15) is 56.9 Å². The molecule has 5 aromatic rings. The van der Waals surface area contributed by atoms with Crippen molar-refractivity contribution in [1.29, 1.82) is 0 Å². The molecule has 14 heteroatoms. The number of aromatic hydroxyl groups is 1. The van der Waals surface area contributed by atoms with Gasteiger partial charge in [-0.2, -0.15) is 0 Å². The summed E-state index contributed by atoms with van der Waals surface area (Å²) in [4.78, 5) is 56.0. The zero-order chi connectivity index (χ0) is 46.4. The Morgan fingerprint density at radius 2 is 1.31 bits per heavy atom. The summed E-state index contributed by atoms with van der Waals surface area (Å²) in [7, 11) is 3.04. The molecule has 14 nitrogen and oxygen atoms in total. The van der Waals surface area contributed by atoms with Crippen molar-refractivity contribution in [1.82, 2.24) is 26.6 Å². The van der Waals surface area contributed by atoms with E-state index in [-0.39, 0.29) is 31.9 Å². The molecule has 0 radical (unpaired) electrons. The van der Waals surface area contributed by atoms with Crippen molar-refractivity contribution < 1.29 is 43.6 Å². The van der Waals surface area contributed by atoms with Crippen LogP contribution in [0.25, 0.3) is 10.8 Å². The molecule has 0 saturated heterocycles. The Kier molecular flexibility index (Phi) is 17.1. The molecule has 5 atom stereocenters. The number of nitrogens with one attached hydrogen (secondary N) is 5. The number of ether oxygens (including phenoxy) is 3. The number of carbonyl (C=O) groups excluding carboxylic acids is 4. The number of hydrogen-bond acceptors (Lipinski definition) is 10. The molecule has 0 spiro atoms. The van der Waals surface area contributed by atoms with Gasteiger partial charge >= 0.3 is 6.09 Å². The number of fused-ring (bicyclic) bond motifs is 1. The third kappa shape index (κ3) is 13.4. The maximum atomic E-state index is 14.5. The Labute approximate surface area is 375 Å². The summed E-state index contributed by atoms with van der Waals surface area (Å²) in [5, 5.41) is 39.3. The first-order chi connectivity index (χ1) is 30.6. The third-order valence-electron chi connectivity index (χ3n) is 11.0. The minimum atomic E-state index is -1.58. The number of phenolic OH excluding ortho intramolecular Hbond substituents is 1. The van der Waals surface area contributed by atoms with Crippen LogP contribution in [0.15, 0.2) is 115 Å². The number of phenols is 1. The first kappa shape index (κ1) is 48.4. The monoisotopic (exact) mass is 875 g/mol. The van der Waals surface area contributed by atoms with Crippen LogP contribution >= 0.6 is 0 Å². The van der Waals surface area contributed by atoms with Crippen molar-refractivity contribution in [3.05, 3.63) is 138 Å². The topological polar surface area (TPSA) is 197 Å². The Morgan fingerprint density at radius 3 is 1.97 bits per heavy atom. The van der Waals surface area contributed by atoms with E-state index >= 15 is 0 Å². The van der Waals surface area contributed by atoms with Crippen LogP contribution in [-0.4, -0.2) is 78.5 Å². The van der Waals surface area contributed by atoms with E-state index in [9.17, 15) is 29.4 Å². The van der Waals surface area contributed by atoms with Crippen LogP contribution in [0.2, 0.25) is 0 Å². The fraction of sp³-hybridized carbons (Fsp3) is 0.360. The van der Waals surface area contributed by atoms with Crippen molar-refractivity contribution in [3.63, 3.8) is 0 Å². The van der Waals surface area contributed by atoms with Crippen LogP contribution < -0.4 is 36.1 Å². The number of amides is 4. The minimum absolute atomic E-state index is 0.0274. The number of aliphatic hydroxyl groups excluding tert-OH is 1. The quantitative estimate of drug-likeness (QED) is 0.0494. The Morgan fingerprint density at radius 1 is 0.656 bits per heavy atom. The number of rotatable bonds is 20. The van der Waals surface area contributed by atoms with Crippen LogP contribution in [-0.2, 0) is 45.2 Å². The third-order valence-corrected chi connectivity index (χ3v) is 11.0. The molecular weight excluding hydrogens is 815 g/mol. The highest BCUT2D eigenvalue weighted by Gasteiger charge is 2.40. The van der Waals surface area contributed by atoms with E-state index < -0.39 is 65.4 Å². The first-order valence-electron chi connectivity index (χ1n) is 21.3. The SMILES string of the molecule is COc1ccc(CN[C@@H](C(=O)N[C@H](C(=O)NCc2ccc(OC)cc2O)C(C)C)[C@H](O)[C@H](Cc2ccccc2)NC(=O)[C@@H](NC(=O)OCc2cccc3ccccc23)C(C)(C)C)cc1. The van der Waals surface area contributed by atoms with Gasteiger partial charge in [0.25, 0.3) is 0 Å². The maximum absolute atomic E-state index is 14.5. The number of carbonyl (C=O) groups is 4. The van der Waals surface area contributed by atoms with Gasteiger partial charge in [0.2, 0.25) is 17.7 Å². The number of hydrogen-bond donors (Lipinski definition) is 7. The van der Waals surface area contributed by atoms with Gasteiger partial charge in [0, 0.05) is 24.7 Å². The Balaban J connectivity index is 1.39. The average molecular weight is 876 g/mol. The summed E-state index contributed by atoms with van der Waals surface area (Å²) in [5.74, 6) is -1.19. The predicted molar refractivity (Wildman–Crippen MR) is 245 cm³/mol. The van der Waals surface area contributed by atoms with E-state index in [1.54, 1.807) is 66.0 Å². The van der Waals surface area contributed by atoms with E-state index in [1.807, 2.05) is 84.9 Å². The smallest absolute Gasteiger partial charge is 0.408 e. The summed E-state index contributed by atoms with van der Waals surface area (Å²) in [6.45, 7) is 9.00. The lowest BCUT2D eigenvalue weighted by Gasteiger charge is -2.35. The lowest BCUT2D eigenvalue weighted by molar-refractivity contribution is -0.134. The molecule has 4 amide bonds. The second-order valence-electron chi connectivity index (χ2n) is 17.1. The maximum Gasteiger partial charge on any atom is 0.408 e. The number of methoxy groups -OCH3 is 2. The fourth-order valence-electron chi connectivity index (χ4n) is 7.25. The Hall–Kier alpha value is -6.64. The lowest BCUT2D eigenvalue weighted by atomic mass is 9.85. The summed E-state index contributed by atoms with van der Waals surface area (Å²) in [6.07, 6.45) is -2.28. The predicted octanol–water partition coefficient (Wildman–Crippen LogP) is 5.91. The molecule has 0 aromatic heterocycles. The highest BCUT2D eigenvalue weighted by atomic mass is 16.5. The molecule has 0 aliphatic heterocycles. The van der Waals surface area contributed by atoms with Gasteiger partial charge in [-0.3, -0.25) is 19.7 Å². The van der Waals surface area contributed by atoms with Crippen molar-refractivity contribution >= 4 is 34.6 Å². The molecule has 0 unspecified atom stereocenters. The molecule has 0 aliphatic rings. The number of alkyl carbamates (subject to hydrolysis) is 1. The zero-order valence-corrected chi connectivity index (χ0v) is 37.5. The van der Waals surface area contributed by atoms with E-state index in [4.69, 9.17) is 14.2 Å². The van der Waals surface area contributed by atoms with E-state index in [2.05, 4.69) is 26.6 Å². The van der Waals surface area contributed by atoms with Gasteiger partial charge in [0.05, 0.1) is 26.4 Å². The van der Waals surface area contributed by atoms with Crippen molar-refractivity contribution in [2.45, 2.75) is 91.0 Å². The van der Waals surface area contributed by atoms with Gasteiger partial charge in [-0.25, -0.2) is 4.79 Å². The molecule has 7 N–H and O–H groups in total. The largest absolute Gasteiger partial charge is 0.507 e. The first-order valence-corrected chi connectivity index (χ1v) is 21.3. The van der Waals surface area contributed by atoms with Gasteiger partial charge in [-0.1, -0.05) is 120 Å². The summed E-state index contributed by atoms with van der Waals surface area (Å²) in [6, 6.07) is 29.9. The van der Waals surface area contributed by atoms with Crippen LogP contribution in [0, 0.1) is 11.3 Å². The molecule has 5 aromatic carbocycles. The van der Waals surface area contributed by atoms with E-state index in [1.165, 1.54) is 13.2 Å². The van der Waals surface area contributed by atoms with Crippen LogP contribution in [0.5, 0.6) is 17.2 Å². The standard InChI is InChI=1S/C50H61N5O9/c1-31(2)42(46(58)52-29-35-22-25-38(63-7)27-41(35)56)54-47(59)43(51-28-33-20-23-37(62-6)24-21-33)44(57)40(26-32-14-9-8-10-15-32)53-48(60)45(50(3,4)5)55-49(61)64-30-36-18-13-17-34-16-11-12-19-39(34)36/h8-25,27,31,40,42-45,51,56-57H,26,28-30H2,1-7H3,(H,52,58)(H,53,60)(H,54,59)(H,55,61)/t40-,42-,43+,44+,45+/m0/s1. The molecule has 64 heavy (non-hydrogen) atoms. The van der Waals surface area contributed by atoms with E-state index in [0.29, 0.717) is 17.1 Å². The van der Waals surface area contributed by atoms with Crippen LogP contribution in [0.3, 0.4) is 0 Å². The highest BCUT2D eigenvalue weighted by molar-refractivity contribution is 5.91. The van der Waals surface area contributed by atoms with Crippen molar-refractivity contribution in [3.8, 4) is 17.2 Å². The normalized spacial score (nSPS) is 13.8. The molecule has 5 rings (SSSR count). The minimum Gasteiger partial charge on any atom is -0.507 e. The van der Waals surface area contributed by atoms with Gasteiger partial charge in [0.1, 0.15) is 42.0 Å². The number of aliphatic hydroxyl groups is 1. The second kappa shape index (κ2) is 22.6. The van der Waals surface area contributed by atoms with E-state index in [0.717, 1.165) is 27.5 Å². The average Bonchev–Trinajstić information content (AvgIpc) is 3.28. The highest BCUT2D eigenvalue weighted by Crippen LogP contribution is 2.25. The second-order valence-corrected chi connectivity index (χ2v) is 17.1. The molecule has 0 heterocycles. The summed E-state index contributed by atoms with van der Waals surface area (Å²) >= 11 is 0. The van der Waals surface area contributed by atoms with Gasteiger partial charge in [0.15, 0.2) is 0 Å².